The van der Waals surface area contributed by atoms with Crippen molar-refractivity contribution in [3.63, 3.8) is 0 Å². The van der Waals surface area contributed by atoms with Crippen molar-refractivity contribution in [1.82, 2.24) is 9.88 Å². The molecule has 1 saturated heterocycles. The molecule has 1 N–H and O–H groups in total. The summed E-state index contributed by atoms with van der Waals surface area (Å²) in [5.41, 5.74) is 1.16. The van der Waals surface area contributed by atoms with Crippen molar-refractivity contribution in [2.45, 2.75) is 31.3 Å². The fraction of sp³-hybridized carbons (Fsp3) is 0.625. The van der Waals surface area contributed by atoms with Gasteiger partial charge in [0, 0.05) is 51.1 Å². The van der Waals surface area contributed by atoms with Crippen LogP contribution in [0.15, 0.2) is 18.2 Å². The topological polar surface area (TPSA) is 56.7 Å². The van der Waals surface area contributed by atoms with Crippen LogP contribution in [0, 0.1) is 5.92 Å². The second-order valence-corrected chi connectivity index (χ2v) is 6.42. The van der Waals surface area contributed by atoms with Crippen LogP contribution >= 0.6 is 0 Å². The van der Waals surface area contributed by atoms with E-state index in [-0.39, 0.29) is 11.8 Å². The van der Waals surface area contributed by atoms with Crippen LogP contribution in [-0.4, -0.2) is 54.2 Å². The van der Waals surface area contributed by atoms with Gasteiger partial charge in [-0.1, -0.05) is 6.07 Å². The molecule has 0 bridgehead atoms. The summed E-state index contributed by atoms with van der Waals surface area (Å²) in [7, 11) is 3.50. The zero-order valence-electron chi connectivity index (χ0n) is 12.7. The molecule has 1 aliphatic heterocycles. The van der Waals surface area contributed by atoms with Crippen molar-refractivity contribution in [2.24, 2.45) is 5.92 Å². The molecule has 1 aromatic rings. The Morgan fingerprint density at radius 1 is 1.38 bits per heavy atom. The molecule has 0 spiro atoms. The summed E-state index contributed by atoms with van der Waals surface area (Å²) in [6.07, 6.45) is 2.41. The van der Waals surface area contributed by atoms with Gasteiger partial charge in [-0.2, -0.15) is 0 Å². The predicted molar refractivity (Wildman–Crippen MR) is 81.2 cm³/mol. The first-order valence-electron chi connectivity index (χ1n) is 7.64. The number of nitrogens with zero attached hydrogens (tertiary/aromatic N) is 3. The minimum atomic E-state index is -0.458. The monoisotopic (exact) mass is 289 g/mol. The molecule has 1 saturated carbocycles. The molecule has 114 valence electrons. The number of pyridine rings is 1. The van der Waals surface area contributed by atoms with Gasteiger partial charge in [0.15, 0.2) is 0 Å². The lowest BCUT2D eigenvalue weighted by molar-refractivity contribution is -0.130. The largest absolute Gasteiger partial charge is 0.391 e. The highest BCUT2D eigenvalue weighted by molar-refractivity contribution is 5.76. The third kappa shape index (κ3) is 3.18. The van der Waals surface area contributed by atoms with Gasteiger partial charge in [-0.15, -0.1) is 0 Å². The summed E-state index contributed by atoms with van der Waals surface area (Å²) in [5.74, 6) is 1.62. The van der Waals surface area contributed by atoms with Crippen molar-refractivity contribution in [3.8, 4) is 0 Å². The molecule has 1 aliphatic carbocycles. The van der Waals surface area contributed by atoms with E-state index in [1.807, 2.05) is 12.1 Å². The van der Waals surface area contributed by atoms with Gasteiger partial charge in [0.2, 0.25) is 5.91 Å². The van der Waals surface area contributed by atoms with E-state index in [1.165, 1.54) is 12.8 Å². The molecule has 2 aliphatic rings. The number of aliphatic hydroxyl groups excluding tert-OH is 1. The Hall–Kier alpha value is -1.62. The van der Waals surface area contributed by atoms with Gasteiger partial charge in [0.1, 0.15) is 5.82 Å². The number of aliphatic hydroxyl groups is 1. The Balaban J connectivity index is 1.67. The molecule has 0 unspecified atom stereocenters. The maximum absolute atomic E-state index is 11.8. The van der Waals surface area contributed by atoms with Gasteiger partial charge in [0.05, 0.1) is 6.10 Å². The van der Waals surface area contributed by atoms with Crippen molar-refractivity contribution < 1.29 is 9.90 Å². The summed E-state index contributed by atoms with van der Waals surface area (Å²) in [4.78, 5) is 20.2. The van der Waals surface area contributed by atoms with Crippen molar-refractivity contribution >= 4 is 11.7 Å². The Morgan fingerprint density at radius 2 is 2.14 bits per heavy atom. The number of hydrogen-bond donors (Lipinski definition) is 1. The number of aromatic nitrogens is 1. The Kier molecular flexibility index (Phi) is 3.85. The minimum Gasteiger partial charge on any atom is -0.391 e. The molecule has 1 amide bonds. The van der Waals surface area contributed by atoms with Crippen LogP contribution in [0.4, 0.5) is 5.82 Å². The standard InChI is InChI=1S/C16H23N3O2/c1-18(2)16(21)8-12-9-19(10-14(12)20)15-5-3-4-13(17-15)11-6-7-11/h3-5,11-12,14,20H,6-10H2,1-2H3/t12-,14-/m1/s1. The lowest BCUT2D eigenvalue weighted by Gasteiger charge is -2.18. The number of rotatable bonds is 4. The van der Waals surface area contributed by atoms with Gasteiger partial charge in [-0.05, 0) is 25.0 Å². The zero-order valence-corrected chi connectivity index (χ0v) is 12.7. The highest BCUT2D eigenvalue weighted by Crippen LogP contribution is 2.39. The summed E-state index contributed by atoms with van der Waals surface area (Å²) in [5, 5.41) is 10.2. The number of carbonyl (C=O) groups is 1. The third-order valence-corrected chi connectivity index (χ3v) is 4.42. The molecule has 2 fully saturated rings. The quantitative estimate of drug-likeness (QED) is 0.906. The summed E-state index contributed by atoms with van der Waals surface area (Å²) < 4.78 is 0. The molecule has 0 radical (unpaired) electrons. The predicted octanol–water partition coefficient (Wildman–Crippen LogP) is 1.23. The van der Waals surface area contributed by atoms with Crippen LogP contribution in [-0.2, 0) is 4.79 Å². The maximum atomic E-state index is 11.8. The fourth-order valence-electron chi connectivity index (χ4n) is 2.87. The van der Waals surface area contributed by atoms with Crippen LogP contribution < -0.4 is 4.90 Å². The molecular formula is C16H23N3O2. The van der Waals surface area contributed by atoms with Crippen LogP contribution in [0.3, 0.4) is 0 Å². The van der Waals surface area contributed by atoms with Gasteiger partial charge >= 0.3 is 0 Å². The number of β-amino-alcohol motifs (C(OH)–C–C–N with tert-alkyl or cyclic N) is 1. The summed E-state index contributed by atoms with van der Waals surface area (Å²) in [6, 6.07) is 6.12. The van der Waals surface area contributed by atoms with Gasteiger partial charge in [-0.3, -0.25) is 4.79 Å². The van der Waals surface area contributed by atoms with Crippen molar-refractivity contribution in [1.29, 1.82) is 0 Å². The Bertz CT molecular complexity index is 528. The molecule has 2 atom stereocenters. The average molecular weight is 289 g/mol. The first-order valence-corrected chi connectivity index (χ1v) is 7.64. The number of carbonyl (C=O) groups excluding carboxylic acids is 1. The normalized spacial score (nSPS) is 25.2. The van der Waals surface area contributed by atoms with E-state index >= 15 is 0 Å². The second-order valence-electron chi connectivity index (χ2n) is 6.42. The molecular weight excluding hydrogens is 266 g/mol. The number of anilines is 1. The van der Waals surface area contributed by atoms with E-state index in [2.05, 4.69) is 11.0 Å². The molecule has 2 heterocycles. The van der Waals surface area contributed by atoms with E-state index in [4.69, 9.17) is 4.98 Å². The van der Waals surface area contributed by atoms with Crippen LogP contribution in [0.1, 0.15) is 30.9 Å². The summed E-state index contributed by atoms with van der Waals surface area (Å²) >= 11 is 0. The average Bonchev–Trinajstić information content (AvgIpc) is 3.25. The van der Waals surface area contributed by atoms with Crippen molar-refractivity contribution in [3.05, 3.63) is 23.9 Å². The maximum Gasteiger partial charge on any atom is 0.222 e. The zero-order chi connectivity index (χ0) is 15.0. The Morgan fingerprint density at radius 3 is 2.81 bits per heavy atom. The number of hydrogen-bond acceptors (Lipinski definition) is 4. The Labute approximate surface area is 125 Å². The lowest BCUT2D eigenvalue weighted by atomic mass is 10.0. The highest BCUT2D eigenvalue weighted by atomic mass is 16.3. The number of amides is 1. The van der Waals surface area contributed by atoms with E-state index in [0.717, 1.165) is 11.5 Å². The molecule has 0 aromatic carbocycles. The SMILES string of the molecule is CN(C)C(=O)C[C@@H]1CN(c2cccc(C3CC3)n2)C[C@H]1O. The highest BCUT2D eigenvalue weighted by Gasteiger charge is 2.34. The van der Waals surface area contributed by atoms with E-state index in [0.29, 0.717) is 25.4 Å². The third-order valence-electron chi connectivity index (χ3n) is 4.42. The van der Waals surface area contributed by atoms with Gasteiger partial charge in [-0.25, -0.2) is 4.98 Å². The van der Waals surface area contributed by atoms with Crippen molar-refractivity contribution in [2.75, 3.05) is 32.1 Å². The second kappa shape index (κ2) is 5.64. The van der Waals surface area contributed by atoms with Gasteiger partial charge < -0.3 is 14.9 Å². The van der Waals surface area contributed by atoms with Crippen LogP contribution in [0.25, 0.3) is 0 Å². The van der Waals surface area contributed by atoms with Crippen LogP contribution in [0.5, 0.6) is 0 Å². The molecule has 3 rings (SSSR count). The molecule has 21 heavy (non-hydrogen) atoms. The lowest BCUT2D eigenvalue weighted by Crippen LogP contribution is -2.28. The minimum absolute atomic E-state index is 0.00807. The molecule has 5 heteroatoms. The first kappa shape index (κ1) is 14.3. The van der Waals surface area contributed by atoms with Crippen LogP contribution in [0.2, 0.25) is 0 Å². The van der Waals surface area contributed by atoms with E-state index in [1.54, 1.807) is 19.0 Å². The van der Waals surface area contributed by atoms with E-state index < -0.39 is 6.10 Å². The fourth-order valence-corrected chi connectivity index (χ4v) is 2.87. The molecule has 5 nitrogen and oxygen atoms in total. The summed E-state index contributed by atoms with van der Waals surface area (Å²) in [6.45, 7) is 1.26. The van der Waals surface area contributed by atoms with Gasteiger partial charge in [0.25, 0.3) is 0 Å². The molecule has 1 aromatic heterocycles. The first-order chi connectivity index (χ1) is 10.0. The smallest absolute Gasteiger partial charge is 0.222 e. The van der Waals surface area contributed by atoms with E-state index in [9.17, 15) is 9.90 Å².